The van der Waals surface area contributed by atoms with E-state index in [1.165, 1.54) is 19.3 Å². The van der Waals surface area contributed by atoms with Crippen LogP contribution in [0.4, 0.5) is 0 Å². The Hall–Kier alpha value is -0.220. The van der Waals surface area contributed by atoms with Crippen molar-refractivity contribution in [3.8, 4) is 0 Å². The molecule has 2 fully saturated rings. The standard InChI is InChI=1S/C13H24N2OS/c1-4-10-13(16)15(9(3)14-10)11-7-6-8-12(11)17-5-2/h9-12,14H,4-8H2,1-3H3. The van der Waals surface area contributed by atoms with E-state index in [-0.39, 0.29) is 12.2 Å². The van der Waals surface area contributed by atoms with Gasteiger partial charge in [-0.15, -0.1) is 0 Å². The number of nitrogens with one attached hydrogen (secondary N) is 1. The molecular weight excluding hydrogens is 232 g/mol. The van der Waals surface area contributed by atoms with E-state index in [1.807, 2.05) is 11.8 Å². The summed E-state index contributed by atoms with van der Waals surface area (Å²) in [5.74, 6) is 1.48. The minimum atomic E-state index is 0.0536. The fraction of sp³-hybridized carbons (Fsp3) is 0.923. The topological polar surface area (TPSA) is 32.3 Å². The SMILES string of the molecule is CCSC1CCCC1N1C(=O)C(CC)NC1C. The quantitative estimate of drug-likeness (QED) is 0.837. The van der Waals surface area contributed by atoms with Crippen LogP contribution in [0.3, 0.4) is 0 Å². The van der Waals surface area contributed by atoms with E-state index < -0.39 is 0 Å². The average Bonchev–Trinajstić information content (AvgIpc) is 2.84. The van der Waals surface area contributed by atoms with Crippen LogP contribution in [0.2, 0.25) is 0 Å². The molecular formula is C13H24N2OS. The predicted octanol–water partition coefficient (Wildman–Crippen LogP) is 2.22. The molecule has 3 nitrogen and oxygen atoms in total. The van der Waals surface area contributed by atoms with Crippen molar-refractivity contribution >= 4 is 17.7 Å². The first-order valence-electron chi connectivity index (χ1n) is 6.88. The van der Waals surface area contributed by atoms with Crippen molar-refractivity contribution in [1.82, 2.24) is 10.2 Å². The van der Waals surface area contributed by atoms with Gasteiger partial charge in [-0.25, -0.2) is 0 Å². The molecule has 4 atom stereocenters. The summed E-state index contributed by atoms with van der Waals surface area (Å²) in [6.45, 7) is 6.42. The molecule has 0 bridgehead atoms. The van der Waals surface area contributed by atoms with Crippen LogP contribution in [-0.4, -0.2) is 40.1 Å². The lowest BCUT2D eigenvalue weighted by Crippen LogP contribution is -2.46. The predicted molar refractivity (Wildman–Crippen MR) is 73.1 cm³/mol. The molecule has 0 aromatic carbocycles. The van der Waals surface area contributed by atoms with Gasteiger partial charge >= 0.3 is 0 Å². The van der Waals surface area contributed by atoms with Crippen molar-refractivity contribution in [3.63, 3.8) is 0 Å². The number of carbonyl (C=O) groups is 1. The first-order valence-corrected chi connectivity index (χ1v) is 7.93. The molecule has 1 saturated heterocycles. The summed E-state index contributed by atoms with van der Waals surface area (Å²) in [6.07, 6.45) is 4.85. The largest absolute Gasteiger partial charge is 0.322 e. The Bertz CT molecular complexity index is 285. The van der Waals surface area contributed by atoms with E-state index >= 15 is 0 Å². The summed E-state index contributed by atoms with van der Waals surface area (Å²) in [5, 5.41) is 4.07. The van der Waals surface area contributed by atoms with E-state index in [0.29, 0.717) is 17.2 Å². The summed E-state index contributed by atoms with van der Waals surface area (Å²) in [6, 6.07) is 0.518. The van der Waals surface area contributed by atoms with E-state index in [0.717, 1.165) is 12.2 Å². The van der Waals surface area contributed by atoms with Crippen molar-refractivity contribution in [3.05, 3.63) is 0 Å². The molecule has 1 amide bonds. The van der Waals surface area contributed by atoms with Gasteiger partial charge < -0.3 is 4.90 Å². The van der Waals surface area contributed by atoms with Gasteiger partial charge in [0.05, 0.1) is 12.2 Å². The van der Waals surface area contributed by atoms with Crippen LogP contribution >= 0.6 is 11.8 Å². The van der Waals surface area contributed by atoms with Gasteiger partial charge in [-0.3, -0.25) is 10.1 Å². The fourth-order valence-electron chi connectivity index (χ4n) is 3.19. The van der Waals surface area contributed by atoms with Gasteiger partial charge in [0.25, 0.3) is 0 Å². The highest BCUT2D eigenvalue weighted by atomic mass is 32.2. The number of thioether (sulfide) groups is 1. The Morgan fingerprint density at radius 2 is 2.18 bits per heavy atom. The van der Waals surface area contributed by atoms with Gasteiger partial charge in [0, 0.05) is 11.3 Å². The first kappa shape index (κ1) is 13.2. The second-order valence-corrected chi connectivity index (χ2v) is 6.56. The Morgan fingerprint density at radius 1 is 1.41 bits per heavy atom. The second-order valence-electron chi connectivity index (χ2n) is 5.04. The van der Waals surface area contributed by atoms with Crippen LogP contribution in [0.5, 0.6) is 0 Å². The molecule has 17 heavy (non-hydrogen) atoms. The molecule has 0 aromatic rings. The maximum absolute atomic E-state index is 12.3. The summed E-state index contributed by atoms with van der Waals surface area (Å²) in [5.41, 5.74) is 0. The number of amides is 1. The highest BCUT2D eigenvalue weighted by Gasteiger charge is 2.43. The summed E-state index contributed by atoms with van der Waals surface area (Å²) >= 11 is 2.03. The molecule has 1 aliphatic heterocycles. The zero-order valence-corrected chi connectivity index (χ0v) is 11.9. The molecule has 98 valence electrons. The van der Waals surface area contributed by atoms with E-state index in [1.54, 1.807) is 0 Å². The molecule has 4 unspecified atom stereocenters. The zero-order chi connectivity index (χ0) is 12.4. The summed E-state index contributed by atoms with van der Waals surface area (Å²) in [7, 11) is 0. The lowest BCUT2D eigenvalue weighted by molar-refractivity contribution is -0.131. The molecule has 1 aliphatic carbocycles. The van der Waals surface area contributed by atoms with Crippen molar-refractivity contribution in [2.75, 3.05) is 5.75 Å². The molecule has 1 N–H and O–H groups in total. The molecule has 0 radical (unpaired) electrons. The molecule has 2 aliphatic rings. The van der Waals surface area contributed by atoms with Crippen molar-refractivity contribution in [2.24, 2.45) is 0 Å². The summed E-state index contributed by atoms with van der Waals surface area (Å²) < 4.78 is 0. The smallest absolute Gasteiger partial charge is 0.241 e. The second kappa shape index (κ2) is 5.61. The maximum atomic E-state index is 12.3. The van der Waals surface area contributed by atoms with Crippen molar-refractivity contribution < 1.29 is 4.79 Å². The maximum Gasteiger partial charge on any atom is 0.241 e. The zero-order valence-electron chi connectivity index (χ0n) is 11.1. The van der Waals surface area contributed by atoms with Crippen LogP contribution in [0, 0.1) is 0 Å². The van der Waals surface area contributed by atoms with Crippen molar-refractivity contribution in [1.29, 1.82) is 0 Å². The number of hydrogen-bond donors (Lipinski definition) is 1. The Balaban J connectivity index is 2.08. The number of rotatable bonds is 4. The molecule has 4 heteroatoms. The molecule has 0 aromatic heterocycles. The summed E-state index contributed by atoms with van der Waals surface area (Å²) in [4.78, 5) is 14.5. The fourth-order valence-corrected chi connectivity index (χ4v) is 4.44. The van der Waals surface area contributed by atoms with Crippen LogP contribution in [0.15, 0.2) is 0 Å². The van der Waals surface area contributed by atoms with Gasteiger partial charge in [-0.2, -0.15) is 11.8 Å². The third-order valence-corrected chi connectivity index (χ3v) is 5.29. The van der Waals surface area contributed by atoms with Crippen molar-refractivity contribution in [2.45, 2.75) is 70.0 Å². The number of nitrogens with zero attached hydrogens (tertiary/aromatic N) is 1. The Kier molecular flexibility index (Phi) is 4.36. The first-order chi connectivity index (χ1) is 8.19. The molecule has 0 spiro atoms. The third-order valence-electron chi connectivity index (χ3n) is 3.98. The molecule has 1 saturated carbocycles. The normalized spacial score (nSPS) is 38.1. The highest BCUT2D eigenvalue weighted by molar-refractivity contribution is 7.99. The lowest BCUT2D eigenvalue weighted by atomic mass is 10.1. The van der Waals surface area contributed by atoms with Crippen LogP contribution in [0.1, 0.15) is 46.5 Å². The average molecular weight is 256 g/mol. The van der Waals surface area contributed by atoms with Gasteiger partial charge in [0.2, 0.25) is 5.91 Å². The van der Waals surface area contributed by atoms with Gasteiger partial charge in [0.1, 0.15) is 0 Å². The van der Waals surface area contributed by atoms with Gasteiger partial charge in [-0.05, 0) is 31.9 Å². The third kappa shape index (κ3) is 2.48. The Labute approximate surface area is 109 Å². The minimum absolute atomic E-state index is 0.0536. The highest BCUT2D eigenvalue weighted by Crippen LogP contribution is 2.35. The van der Waals surface area contributed by atoms with Gasteiger partial charge in [0.15, 0.2) is 0 Å². The lowest BCUT2D eigenvalue weighted by Gasteiger charge is -2.32. The van der Waals surface area contributed by atoms with Crippen LogP contribution in [0.25, 0.3) is 0 Å². The van der Waals surface area contributed by atoms with Crippen LogP contribution < -0.4 is 5.32 Å². The molecule has 1 heterocycles. The minimum Gasteiger partial charge on any atom is -0.322 e. The van der Waals surface area contributed by atoms with Gasteiger partial charge in [-0.1, -0.05) is 20.3 Å². The monoisotopic (exact) mass is 256 g/mol. The number of carbonyl (C=O) groups excluding carboxylic acids is 1. The molecule has 2 rings (SSSR count). The van der Waals surface area contributed by atoms with E-state index in [4.69, 9.17) is 0 Å². The number of hydrogen-bond acceptors (Lipinski definition) is 3. The van der Waals surface area contributed by atoms with E-state index in [2.05, 4.69) is 31.0 Å². The van der Waals surface area contributed by atoms with Crippen LogP contribution in [-0.2, 0) is 4.79 Å². The van der Waals surface area contributed by atoms with E-state index in [9.17, 15) is 4.79 Å². The Morgan fingerprint density at radius 3 is 2.76 bits per heavy atom.